The van der Waals surface area contributed by atoms with Crippen LogP contribution in [0, 0.1) is 0 Å². The Morgan fingerprint density at radius 2 is 1.29 bits per heavy atom. The zero-order chi connectivity index (χ0) is 35.4. The summed E-state index contributed by atoms with van der Waals surface area (Å²) in [5, 5.41) is 8.27. The predicted molar refractivity (Wildman–Crippen MR) is 189 cm³/mol. The van der Waals surface area contributed by atoms with E-state index in [1.165, 1.54) is 0 Å². The Morgan fingerprint density at radius 1 is 0.694 bits per heavy atom. The van der Waals surface area contributed by atoms with Crippen molar-refractivity contribution in [3.8, 4) is 5.75 Å². The Morgan fingerprint density at radius 3 is 1.90 bits per heavy atom. The van der Waals surface area contributed by atoms with E-state index in [4.69, 9.17) is 27.7 Å². The number of nitrogens with one attached hydrogen (secondary N) is 3. The number of unbranched alkanes of at least 4 members (excludes halogenated alkanes) is 1. The molecule has 13 heteroatoms. The molecule has 0 radical (unpaired) electrons. The maximum absolute atomic E-state index is 13.6. The maximum Gasteiger partial charge on any atom is 0.244 e. The fourth-order valence-electron chi connectivity index (χ4n) is 5.03. The van der Waals surface area contributed by atoms with E-state index in [0.29, 0.717) is 50.1 Å². The Balaban J connectivity index is 1.69. The topological polar surface area (TPSA) is 230 Å². The zero-order valence-electron chi connectivity index (χ0n) is 27.7. The minimum absolute atomic E-state index is 0.0807. The Hall–Kier alpha value is -5.43. The quantitative estimate of drug-likeness (QED) is 0.0499. The molecule has 3 aromatic carbocycles. The molecule has 262 valence electrons. The van der Waals surface area contributed by atoms with Crippen molar-refractivity contribution < 1.29 is 23.9 Å². The smallest absolute Gasteiger partial charge is 0.244 e. The Kier molecular flexibility index (Phi) is 16.1. The van der Waals surface area contributed by atoms with E-state index in [1.807, 2.05) is 60.7 Å². The first kappa shape index (κ1) is 38.0. The van der Waals surface area contributed by atoms with E-state index in [0.717, 1.165) is 11.1 Å². The molecule has 49 heavy (non-hydrogen) atoms. The summed E-state index contributed by atoms with van der Waals surface area (Å²) in [5.41, 5.74) is 24.7. The molecule has 11 N–H and O–H groups in total. The summed E-state index contributed by atoms with van der Waals surface area (Å²) < 4.78 is 5.83. The summed E-state index contributed by atoms with van der Waals surface area (Å²) in [4.78, 5) is 56.6. The fourth-order valence-corrected chi connectivity index (χ4v) is 5.03. The lowest BCUT2D eigenvalue weighted by Crippen LogP contribution is -2.54. The normalized spacial score (nSPS) is 12.5. The second-order valence-electron chi connectivity index (χ2n) is 11.6. The molecule has 0 saturated carbocycles. The van der Waals surface area contributed by atoms with Crippen LogP contribution in [-0.2, 0) is 32.2 Å². The number of benzene rings is 3. The molecule has 13 nitrogen and oxygen atoms in total. The van der Waals surface area contributed by atoms with Crippen LogP contribution in [0.2, 0.25) is 0 Å². The summed E-state index contributed by atoms with van der Waals surface area (Å²) in [5.74, 6) is -1.76. The molecule has 0 heterocycles. The van der Waals surface area contributed by atoms with Crippen LogP contribution in [0.15, 0.2) is 89.9 Å². The van der Waals surface area contributed by atoms with Crippen LogP contribution in [-0.4, -0.2) is 54.8 Å². The molecule has 3 aromatic rings. The maximum atomic E-state index is 13.6. The number of hydrogen-bond donors (Lipinski definition) is 7. The molecule has 0 fully saturated rings. The SMILES string of the molecule is NCCCC[C@H](NC(=O)[C@H](CCCN=C(N)N)NC(=O)CCc1ccccc1)C(=O)N[C@@H](C(N)=O)c1ccc(OCc2ccccc2)cc1. The molecule has 0 aliphatic rings. The number of ether oxygens (including phenoxy) is 1. The van der Waals surface area contributed by atoms with Gasteiger partial charge in [0.2, 0.25) is 23.6 Å². The van der Waals surface area contributed by atoms with Gasteiger partial charge in [0.1, 0.15) is 30.5 Å². The number of guanidine groups is 1. The van der Waals surface area contributed by atoms with E-state index in [1.54, 1.807) is 24.3 Å². The highest BCUT2D eigenvalue weighted by Crippen LogP contribution is 2.20. The standard InChI is InChI=1S/C36H48N8O5/c37-22-8-7-14-30(35(48)44-32(33(38)46)27-17-19-28(20-18-27)49-24-26-12-5-2-6-13-26)43-34(47)29(15-9-23-41-36(39)40)42-31(45)21-16-25-10-3-1-4-11-25/h1-6,10-13,17-20,29-30,32H,7-9,14-16,21-24,37H2,(H2,38,46)(H,42,45)(H,43,47)(H,44,48)(H4,39,40,41)/t29-,30-,32+/m0/s1. The number of rotatable bonds is 21. The summed E-state index contributed by atoms with van der Waals surface area (Å²) in [6.45, 7) is 1.02. The van der Waals surface area contributed by atoms with Crippen molar-refractivity contribution in [2.45, 2.75) is 69.7 Å². The summed E-state index contributed by atoms with van der Waals surface area (Å²) in [6.07, 6.45) is 2.67. The number of nitrogens with two attached hydrogens (primary N) is 4. The highest BCUT2D eigenvalue weighted by molar-refractivity contribution is 5.94. The number of carbonyl (C=O) groups is 4. The van der Waals surface area contributed by atoms with Gasteiger partial charge in [0.05, 0.1) is 0 Å². The van der Waals surface area contributed by atoms with Gasteiger partial charge >= 0.3 is 0 Å². The van der Waals surface area contributed by atoms with Crippen LogP contribution in [0.1, 0.15) is 61.3 Å². The number of aliphatic imine (C=N–C) groups is 1. The van der Waals surface area contributed by atoms with Crippen LogP contribution in [0.4, 0.5) is 0 Å². The average molecular weight is 673 g/mol. The van der Waals surface area contributed by atoms with Crippen LogP contribution >= 0.6 is 0 Å². The molecule has 3 rings (SSSR count). The minimum Gasteiger partial charge on any atom is -0.489 e. The molecule has 0 aliphatic carbocycles. The molecular weight excluding hydrogens is 624 g/mol. The number of amides is 4. The molecular formula is C36H48N8O5. The average Bonchev–Trinajstić information content (AvgIpc) is 3.10. The van der Waals surface area contributed by atoms with E-state index >= 15 is 0 Å². The lowest BCUT2D eigenvalue weighted by atomic mass is 10.0. The first-order valence-electron chi connectivity index (χ1n) is 16.4. The lowest BCUT2D eigenvalue weighted by molar-refractivity contribution is -0.133. The largest absolute Gasteiger partial charge is 0.489 e. The number of nitrogens with zero attached hydrogens (tertiary/aromatic N) is 1. The molecule has 0 bridgehead atoms. The van der Waals surface area contributed by atoms with Crippen LogP contribution in [0.25, 0.3) is 0 Å². The lowest BCUT2D eigenvalue weighted by Gasteiger charge is -2.25. The summed E-state index contributed by atoms with van der Waals surface area (Å²) in [7, 11) is 0. The van der Waals surface area contributed by atoms with Crippen molar-refractivity contribution in [2.75, 3.05) is 13.1 Å². The first-order valence-corrected chi connectivity index (χ1v) is 16.4. The van der Waals surface area contributed by atoms with Crippen molar-refractivity contribution in [3.05, 3.63) is 102 Å². The Labute approximate surface area is 287 Å². The minimum atomic E-state index is -1.17. The van der Waals surface area contributed by atoms with Crippen LogP contribution in [0.3, 0.4) is 0 Å². The fraction of sp³-hybridized carbons (Fsp3) is 0.361. The first-order chi connectivity index (χ1) is 23.7. The van der Waals surface area contributed by atoms with Crippen LogP contribution < -0.4 is 43.6 Å². The highest BCUT2D eigenvalue weighted by Gasteiger charge is 2.29. The monoisotopic (exact) mass is 672 g/mol. The van der Waals surface area contributed by atoms with Gasteiger partial charge in [0.25, 0.3) is 0 Å². The number of hydrogen-bond acceptors (Lipinski definition) is 7. The van der Waals surface area contributed by atoms with E-state index in [2.05, 4.69) is 20.9 Å². The van der Waals surface area contributed by atoms with Gasteiger partial charge in [-0.25, -0.2) is 0 Å². The molecule has 4 amide bonds. The van der Waals surface area contributed by atoms with Crippen molar-refractivity contribution in [2.24, 2.45) is 27.9 Å². The molecule has 0 saturated heterocycles. The van der Waals surface area contributed by atoms with E-state index in [-0.39, 0.29) is 37.7 Å². The van der Waals surface area contributed by atoms with Crippen molar-refractivity contribution in [3.63, 3.8) is 0 Å². The van der Waals surface area contributed by atoms with Crippen molar-refractivity contribution in [1.29, 1.82) is 0 Å². The molecule has 3 atom stereocenters. The van der Waals surface area contributed by atoms with Gasteiger partial charge in [-0.1, -0.05) is 72.8 Å². The predicted octanol–water partition coefficient (Wildman–Crippen LogP) is 1.69. The van der Waals surface area contributed by atoms with Gasteiger partial charge in [-0.05, 0) is 73.9 Å². The van der Waals surface area contributed by atoms with Gasteiger partial charge < -0.3 is 43.6 Å². The van der Waals surface area contributed by atoms with E-state index in [9.17, 15) is 19.2 Å². The molecule has 0 aliphatic heterocycles. The van der Waals surface area contributed by atoms with Crippen molar-refractivity contribution >= 4 is 29.6 Å². The molecule has 0 spiro atoms. The van der Waals surface area contributed by atoms with Gasteiger partial charge in [-0.15, -0.1) is 0 Å². The molecule has 0 unspecified atom stereocenters. The summed E-state index contributed by atoms with van der Waals surface area (Å²) >= 11 is 0. The Bertz CT molecular complexity index is 1500. The third kappa shape index (κ3) is 14.1. The number of primary amides is 1. The second kappa shape index (κ2) is 20.7. The number of aryl methyl sites for hydroxylation is 1. The molecule has 0 aromatic heterocycles. The zero-order valence-corrected chi connectivity index (χ0v) is 27.7. The highest BCUT2D eigenvalue weighted by atomic mass is 16.5. The third-order valence-corrected chi connectivity index (χ3v) is 7.69. The summed E-state index contributed by atoms with van der Waals surface area (Å²) in [6, 6.07) is 22.7. The second-order valence-corrected chi connectivity index (χ2v) is 11.6. The number of carbonyl (C=O) groups excluding carboxylic acids is 4. The van der Waals surface area contributed by atoms with Gasteiger partial charge in [-0.2, -0.15) is 0 Å². The van der Waals surface area contributed by atoms with Crippen molar-refractivity contribution in [1.82, 2.24) is 16.0 Å². The third-order valence-electron chi connectivity index (χ3n) is 7.69. The van der Waals surface area contributed by atoms with Gasteiger partial charge in [-0.3, -0.25) is 24.2 Å². The van der Waals surface area contributed by atoms with Gasteiger partial charge in [0, 0.05) is 13.0 Å². The van der Waals surface area contributed by atoms with Crippen LogP contribution in [0.5, 0.6) is 5.75 Å². The van der Waals surface area contributed by atoms with Gasteiger partial charge in [0.15, 0.2) is 5.96 Å². The van der Waals surface area contributed by atoms with E-state index < -0.39 is 35.8 Å².